The van der Waals surface area contributed by atoms with Crippen molar-refractivity contribution in [3.05, 3.63) is 16.6 Å². The minimum absolute atomic E-state index is 0.0841. The lowest BCUT2D eigenvalue weighted by molar-refractivity contribution is -0.152. The zero-order valence-electron chi connectivity index (χ0n) is 11.0. The van der Waals surface area contributed by atoms with Crippen molar-refractivity contribution in [1.82, 2.24) is 10.3 Å². The van der Waals surface area contributed by atoms with E-state index in [0.29, 0.717) is 5.69 Å². The summed E-state index contributed by atoms with van der Waals surface area (Å²) in [4.78, 5) is 27.8. The van der Waals surface area contributed by atoms with Crippen LogP contribution in [0.3, 0.4) is 0 Å². The smallest absolute Gasteiger partial charge is 0.331 e. The van der Waals surface area contributed by atoms with Crippen molar-refractivity contribution in [2.45, 2.75) is 33.2 Å². The number of thiazole rings is 1. The molecule has 1 heterocycles. The highest BCUT2D eigenvalue weighted by Crippen LogP contribution is 2.19. The molecule has 0 bridgehead atoms. The van der Waals surface area contributed by atoms with Crippen LogP contribution in [0.4, 0.5) is 0 Å². The lowest BCUT2D eigenvalue weighted by Crippen LogP contribution is -2.56. The molecule has 0 spiro atoms. The van der Waals surface area contributed by atoms with Crippen molar-refractivity contribution >= 4 is 23.2 Å². The Morgan fingerprint density at radius 2 is 2.22 bits per heavy atom. The van der Waals surface area contributed by atoms with Crippen molar-refractivity contribution in [3.8, 4) is 0 Å². The number of hydrogen-bond donors (Lipinski definition) is 1. The van der Waals surface area contributed by atoms with Crippen LogP contribution in [0.1, 0.15) is 38.2 Å². The van der Waals surface area contributed by atoms with Gasteiger partial charge in [-0.2, -0.15) is 0 Å². The van der Waals surface area contributed by atoms with Gasteiger partial charge in [0.2, 0.25) is 0 Å². The minimum atomic E-state index is -1.04. The lowest BCUT2D eigenvalue weighted by atomic mass is 9.88. The van der Waals surface area contributed by atoms with Crippen LogP contribution >= 0.6 is 11.3 Å². The quantitative estimate of drug-likeness (QED) is 0.829. The number of carbonyl (C=O) groups is 2. The summed E-state index contributed by atoms with van der Waals surface area (Å²) in [5.41, 5.74) is 0.846. The predicted molar refractivity (Wildman–Crippen MR) is 69.5 cm³/mol. The van der Waals surface area contributed by atoms with Crippen LogP contribution in [0.15, 0.2) is 10.9 Å². The summed E-state index contributed by atoms with van der Waals surface area (Å²) < 4.78 is 5.02. The second-order valence-electron chi connectivity index (χ2n) is 4.41. The summed E-state index contributed by atoms with van der Waals surface area (Å²) in [6, 6.07) is 0. The van der Waals surface area contributed by atoms with Crippen LogP contribution in [0.2, 0.25) is 0 Å². The zero-order valence-corrected chi connectivity index (χ0v) is 11.8. The van der Waals surface area contributed by atoms with Gasteiger partial charge in [-0.05, 0) is 19.8 Å². The number of carbonyl (C=O) groups excluding carboxylic acids is 2. The molecule has 0 fully saturated rings. The molecule has 1 rings (SSSR count). The highest BCUT2D eigenvalue weighted by molar-refractivity contribution is 7.07. The summed E-state index contributed by atoms with van der Waals surface area (Å²) in [5, 5.41) is 4.35. The zero-order chi connectivity index (χ0) is 13.8. The first-order valence-electron chi connectivity index (χ1n) is 5.79. The molecule has 0 aliphatic heterocycles. The van der Waals surface area contributed by atoms with Crippen LogP contribution in [0, 0.1) is 5.92 Å². The number of rotatable bonds is 5. The standard InChI is InChI=1S/C12H18N2O3S/c1-5-17-11(16)12(4,8(2)3)14-10(15)9-6-18-7-13-9/h6-8H,5H2,1-4H3,(H,14,15). The fourth-order valence-electron chi connectivity index (χ4n) is 1.34. The molecule has 0 aliphatic rings. The topological polar surface area (TPSA) is 68.3 Å². The number of amides is 1. The van der Waals surface area contributed by atoms with E-state index in [1.54, 1.807) is 24.7 Å². The fourth-order valence-corrected chi connectivity index (χ4v) is 1.87. The average molecular weight is 270 g/mol. The van der Waals surface area contributed by atoms with Gasteiger partial charge >= 0.3 is 5.97 Å². The molecule has 0 aliphatic carbocycles. The molecule has 0 saturated heterocycles. The highest BCUT2D eigenvalue weighted by Gasteiger charge is 2.40. The van der Waals surface area contributed by atoms with Gasteiger partial charge in [-0.1, -0.05) is 13.8 Å². The number of ether oxygens (including phenoxy) is 1. The molecule has 18 heavy (non-hydrogen) atoms. The van der Waals surface area contributed by atoms with Gasteiger partial charge < -0.3 is 10.1 Å². The van der Waals surface area contributed by atoms with E-state index < -0.39 is 11.5 Å². The van der Waals surface area contributed by atoms with Crippen molar-refractivity contribution in [3.63, 3.8) is 0 Å². The molecule has 1 atom stereocenters. The molecule has 0 radical (unpaired) electrons. The number of nitrogens with one attached hydrogen (secondary N) is 1. The SMILES string of the molecule is CCOC(=O)C(C)(NC(=O)c1cscn1)C(C)C. The normalized spacial score (nSPS) is 14.1. The molecule has 1 aromatic rings. The molecule has 0 aromatic carbocycles. The maximum Gasteiger partial charge on any atom is 0.331 e. The van der Waals surface area contributed by atoms with Crippen LogP contribution in [0.5, 0.6) is 0 Å². The Hall–Kier alpha value is -1.43. The number of aromatic nitrogens is 1. The van der Waals surface area contributed by atoms with Gasteiger partial charge in [-0.3, -0.25) is 4.79 Å². The minimum Gasteiger partial charge on any atom is -0.464 e. The van der Waals surface area contributed by atoms with E-state index in [9.17, 15) is 9.59 Å². The molecule has 1 amide bonds. The van der Waals surface area contributed by atoms with Crippen molar-refractivity contribution in [1.29, 1.82) is 0 Å². The van der Waals surface area contributed by atoms with Crippen LogP contribution < -0.4 is 5.32 Å². The van der Waals surface area contributed by atoms with Crippen LogP contribution in [0.25, 0.3) is 0 Å². The van der Waals surface area contributed by atoms with E-state index in [0.717, 1.165) is 0 Å². The van der Waals surface area contributed by atoms with Gasteiger partial charge in [0.15, 0.2) is 0 Å². The third-order valence-electron chi connectivity index (χ3n) is 2.89. The van der Waals surface area contributed by atoms with E-state index in [1.165, 1.54) is 11.3 Å². The largest absolute Gasteiger partial charge is 0.464 e. The Bertz CT molecular complexity index is 417. The summed E-state index contributed by atoms with van der Waals surface area (Å²) in [6.45, 7) is 7.41. The molecular formula is C12H18N2O3S. The van der Waals surface area contributed by atoms with Gasteiger partial charge in [-0.15, -0.1) is 11.3 Å². The lowest BCUT2D eigenvalue weighted by Gasteiger charge is -2.31. The third-order valence-corrected chi connectivity index (χ3v) is 3.48. The number of nitrogens with zero attached hydrogens (tertiary/aromatic N) is 1. The molecule has 1 unspecified atom stereocenters. The molecule has 6 heteroatoms. The Kier molecular flexibility index (Phi) is 4.84. The van der Waals surface area contributed by atoms with E-state index in [-0.39, 0.29) is 18.4 Å². The first-order valence-corrected chi connectivity index (χ1v) is 6.74. The second-order valence-corrected chi connectivity index (χ2v) is 5.12. The van der Waals surface area contributed by atoms with Gasteiger partial charge in [0.1, 0.15) is 11.2 Å². The van der Waals surface area contributed by atoms with Crippen molar-refractivity contribution in [2.75, 3.05) is 6.61 Å². The molecule has 100 valence electrons. The van der Waals surface area contributed by atoms with Gasteiger partial charge in [0, 0.05) is 5.38 Å². The van der Waals surface area contributed by atoms with E-state index in [2.05, 4.69) is 10.3 Å². The van der Waals surface area contributed by atoms with Crippen LogP contribution in [-0.2, 0) is 9.53 Å². The van der Waals surface area contributed by atoms with Crippen LogP contribution in [-0.4, -0.2) is 29.0 Å². The summed E-state index contributed by atoms with van der Waals surface area (Å²) in [7, 11) is 0. The Labute approximate surface area is 111 Å². The summed E-state index contributed by atoms with van der Waals surface area (Å²) in [5.74, 6) is -0.872. The highest BCUT2D eigenvalue weighted by atomic mass is 32.1. The average Bonchev–Trinajstić information content (AvgIpc) is 2.82. The van der Waals surface area contributed by atoms with Gasteiger partial charge in [0.25, 0.3) is 5.91 Å². The number of hydrogen-bond acceptors (Lipinski definition) is 5. The third kappa shape index (κ3) is 3.07. The molecule has 5 nitrogen and oxygen atoms in total. The maximum atomic E-state index is 12.0. The van der Waals surface area contributed by atoms with E-state index in [4.69, 9.17) is 4.74 Å². The summed E-state index contributed by atoms with van der Waals surface area (Å²) >= 11 is 1.33. The second kappa shape index (κ2) is 5.95. The Balaban J connectivity index is 2.86. The monoisotopic (exact) mass is 270 g/mol. The summed E-state index contributed by atoms with van der Waals surface area (Å²) in [6.07, 6.45) is 0. The van der Waals surface area contributed by atoms with Crippen molar-refractivity contribution < 1.29 is 14.3 Å². The van der Waals surface area contributed by atoms with Crippen molar-refractivity contribution in [2.24, 2.45) is 5.92 Å². The molecular weight excluding hydrogens is 252 g/mol. The fraction of sp³-hybridized carbons (Fsp3) is 0.583. The van der Waals surface area contributed by atoms with Gasteiger partial charge in [-0.25, -0.2) is 9.78 Å². The molecule has 1 aromatic heterocycles. The molecule has 1 N–H and O–H groups in total. The number of esters is 1. The first kappa shape index (κ1) is 14.6. The first-order chi connectivity index (χ1) is 8.41. The van der Waals surface area contributed by atoms with E-state index in [1.807, 2.05) is 13.8 Å². The Morgan fingerprint density at radius 3 is 2.67 bits per heavy atom. The maximum absolute atomic E-state index is 12.0. The predicted octanol–water partition coefficient (Wildman–Crippen LogP) is 1.85. The Morgan fingerprint density at radius 1 is 1.56 bits per heavy atom. The van der Waals surface area contributed by atoms with Gasteiger partial charge in [0.05, 0.1) is 12.1 Å². The molecule has 0 saturated carbocycles. The van der Waals surface area contributed by atoms with E-state index >= 15 is 0 Å².